The normalized spacial score (nSPS) is 28.2. The summed E-state index contributed by atoms with van der Waals surface area (Å²) >= 11 is 0. The summed E-state index contributed by atoms with van der Waals surface area (Å²) in [5, 5.41) is 2.36. The zero-order valence-corrected chi connectivity index (χ0v) is 6.73. The summed E-state index contributed by atoms with van der Waals surface area (Å²) in [6, 6.07) is -0.940. The maximum Gasteiger partial charge on any atom is 0.312 e. The number of nitrogens with one attached hydrogen (secondary N) is 1. The summed E-state index contributed by atoms with van der Waals surface area (Å²) < 4.78 is 21.7. The molecule has 0 aromatic rings. The maximum atomic E-state index is 10.8. The maximum absolute atomic E-state index is 10.8. The molecule has 1 fully saturated rings. The van der Waals surface area contributed by atoms with Crippen LogP contribution >= 0.6 is 0 Å². The number of carbonyl (C=O) groups is 1. The smallest absolute Gasteiger partial charge is 0.312 e. The summed E-state index contributed by atoms with van der Waals surface area (Å²) in [6.45, 7) is 0. The first-order valence-electron chi connectivity index (χ1n) is 3.26. The largest absolute Gasteiger partial charge is 0.352 e. The van der Waals surface area contributed by atoms with Crippen LogP contribution in [0.15, 0.2) is 0 Å². The first-order valence-corrected chi connectivity index (χ1v) is 5.08. The van der Waals surface area contributed by atoms with Gasteiger partial charge in [-0.25, -0.2) is 13.2 Å². The molecule has 1 aliphatic heterocycles. The summed E-state index contributed by atoms with van der Waals surface area (Å²) in [5.74, 6) is 0.174. The molecule has 1 unspecified atom stereocenters. The van der Waals surface area contributed by atoms with Crippen LogP contribution in [0.25, 0.3) is 0 Å². The monoisotopic (exact) mass is 178 g/mol. The summed E-state index contributed by atoms with van der Waals surface area (Å²) in [6.07, 6.45) is 0.477. The number of hydrogen-bond donors (Lipinski definition) is 2. The third-order valence-corrected chi connectivity index (χ3v) is 3.35. The standard InChI is InChI=1S/C5H10N2O3S/c6-5(8)7-4-1-2-11(9,10)3-4/h4H,1-3H2,(H3,6,7,8). The van der Waals surface area contributed by atoms with Crippen molar-refractivity contribution in [2.24, 2.45) is 5.73 Å². The van der Waals surface area contributed by atoms with E-state index in [1.165, 1.54) is 0 Å². The molecule has 0 radical (unpaired) electrons. The molecule has 1 rings (SSSR count). The number of rotatable bonds is 1. The number of carbonyl (C=O) groups excluding carboxylic acids is 1. The molecule has 5 nitrogen and oxygen atoms in total. The first-order chi connectivity index (χ1) is 4.99. The minimum Gasteiger partial charge on any atom is -0.352 e. The molecule has 0 spiro atoms. The fourth-order valence-corrected chi connectivity index (χ4v) is 2.78. The van der Waals surface area contributed by atoms with E-state index in [1.54, 1.807) is 0 Å². The van der Waals surface area contributed by atoms with Gasteiger partial charge in [-0.15, -0.1) is 0 Å². The molecule has 6 heteroatoms. The molecular weight excluding hydrogens is 168 g/mol. The van der Waals surface area contributed by atoms with E-state index in [-0.39, 0.29) is 17.5 Å². The molecule has 1 aliphatic rings. The minimum absolute atomic E-state index is 0.0237. The zero-order valence-electron chi connectivity index (χ0n) is 5.91. The van der Waals surface area contributed by atoms with E-state index in [0.717, 1.165) is 0 Å². The van der Waals surface area contributed by atoms with Crippen molar-refractivity contribution in [3.63, 3.8) is 0 Å². The van der Waals surface area contributed by atoms with Crippen molar-refractivity contribution in [1.82, 2.24) is 5.32 Å². The van der Waals surface area contributed by atoms with Crippen LogP contribution in [-0.4, -0.2) is 32.0 Å². The molecule has 64 valence electrons. The fourth-order valence-electron chi connectivity index (χ4n) is 1.11. The lowest BCUT2D eigenvalue weighted by Gasteiger charge is -2.06. The van der Waals surface area contributed by atoms with Crippen LogP contribution in [0.4, 0.5) is 4.79 Å². The Hall–Kier alpha value is -0.780. The van der Waals surface area contributed by atoms with Gasteiger partial charge in [-0.1, -0.05) is 0 Å². The van der Waals surface area contributed by atoms with Crippen molar-refractivity contribution in [1.29, 1.82) is 0 Å². The van der Waals surface area contributed by atoms with E-state index in [2.05, 4.69) is 5.32 Å². The molecule has 0 bridgehead atoms. The van der Waals surface area contributed by atoms with Crippen molar-refractivity contribution in [2.45, 2.75) is 12.5 Å². The molecule has 0 saturated carbocycles. The van der Waals surface area contributed by atoms with Crippen LogP contribution in [0, 0.1) is 0 Å². The number of sulfone groups is 1. The van der Waals surface area contributed by atoms with E-state index in [0.29, 0.717) is 6.42 Å². The van der Waals surface area contributed by atoms with Gasteiger partial charge in [-0.3, -0.25) is 0 Å². The van der Waals surface area contributed by atoms with E-state index in [9.17, 15) is 13.2 Å². The number of hydrogen-bond acceptors (Lipinski definition) is 3. The van der Waals surface area contributed by atoms with Crippen LogP contribution in [0.2, 0.25) is 0 Å². The van der Waals surface area contributed by atoms with Crippen LogP contribution in [0.3, 0.4) is 0 Å². The predicted molar refractivity (Wildman–Crippen MR) is 39.8 cm³/mol. The number of nitrogens with two attached hydrogens (primary N) is 1. The molecule has 0 aromatic carbocycles. The number of primary amides is 1. The Morgan fingerprint density at radius 2 is 2.18 bits per heavy atom. The SMILES string of the molecule is NC(=O)NC1CCS(=O)(=O)C1. The molecule has 1 saturated heterocycles. The molecular formula is C5H10N2O3S. The minimum atomic E-state index is -2.91. The van der Waals surface area contributed by atoms with Gasteiger partial charge in [0.25, 0.3) is 0 Å². The number of urea groups is 1. The first kappa shape index (κ1) is 8.32. The summed E-state index contributed by atoms with van der Waals surface area (Å²) in [5.41, 5.74) is 4.82. The molecule has 0 aromatic heterocycles. The van der Waals surface area contributed by atoms with E-state index >= 15 is 0 Å². The molecule has 2 amide bonds. The lowest BCUT2D eigenvalue weighted by atomic mass is 10.3. The van der Waals surface area contributed by atoms with E-state index in [4.69, 9.17) is 5.73 Å². The quantitative estimate of drug-likeness (QED) is 0.531. The molecule has 1 atom stereocenters. The van der Waals surface area contributed by atoms with Crippen LogP contribution in [0.5, 0.6) is 0 Å². The molecule has 0 aliphatic carbocycles. The Balaban J connectivity index is 2.49. The van der Waals surface area contributed by atoms with Crippen molar-refractivity contribution in [3.8, 4) is 0 Å². The second-order valence-corrected chi connectivity index (χ2v) is 4.84. The Morgan fingerprint density at radius 1 is 1.55 bits per heavy atom. The lowest BCUT2D eigenvalue weighted by molar-refractivity contribution is 0.246. The van der Waals surface area contributed by atoms with Gasteiger partial charge in [-0.05, 0) is 6.42 Å². The van der Waals surface area contributed by atoms with Crippen molar-refractivity contribution in [2.75, 3.05) is 11.5 Å². The van der Waals surface area contributed by atoms with Gasteiger partial charge in [0.15, 0.2) is 9.84 Å². The Bertz CT molecular complexity index is 259. The molecule has 3 N–H and O–H groups in total. The van der Waals surface area contributed by atoms with Gasteiger partial charge in [0.1, 0.15) is 0 Å². The lowest BCUT2D eigenvalue weighted by Crippen LogP contribution is -2.39. The second-order valence-electron chi connectivity index (χ2n) is 2.61. The fraction of sp³-hybridized carbons (Fsp3) is 0.800. The average molecular weight is 178 g/mol. The van der Waals surface area contributed by atoms with Gasteiger partial charge in [-0.2, -0.15) is 0 Å². The van der Waals surface area contributed by atoms with E-state index < -0.39 is 15.9 Å². The highest BCUT2D eigenvalue weighted by atomic mass is 32.2. The Morgan fingerprint density at radius 3 is 2.55 bits per heavy atom. The van der Waals surface area contributed by atoms with Crippen LogP contribution in [0.1, 0.15) is 6.42 Å². The zero-order chi connectivity index (χ0) is 8.48. The van der Waals surface area contributed by atoms with Gasteiger partial charge >= 0.3 is 6.03 Å². The highest BCUT2D eigenvalue weighted by molar-refractivity contribution is 7.91. The second kappa shape index (κ2) is 2.69. The molecule has 1 heterocycles. The third-order valence-electron chi connectivity index (χ3n) is 1.58. The predicted octanol–water partition coefficient (Wildman–Crippen LogP) is -1.16. The number of amides is 2. The molecule has 11 heavy (non-hydrogen) atoms. The van der Waals surface area contributed by atoms with Crippen molar-refractivity contribution in [3.05, 3.63) is 0 Å². The third kappa shape index (κ3) is 2.38. The van der Waals surface area contributed by atoms with Crippen LogP contribution in [-0.2, 0) is 9.84 Å². The topological polar surface area (TPSA) is 89.3 Å². The highest BCUT2D eigenvalue weighted by Gasteiger charge is 2.28. The summed E-state index contributed by atoms with van der Waals surface area (Å²) in [4.78, 5) is 10.3. The highest BCUT2D eigenvalue weighted by Crippen LogP contribution is 2.10. The summed E-state index contributed by atoms with van der Waals surface area (Å²) in [7, 11) is -2.91. The Labute approximate surface area is 64.9 Å². The van der Waals surface area contributed by atoms with E-state index in [1.807, 2.05) is 0 Å². The Kier molecular flexibility index (Phi) is 2.03. The van der Waals surface area contributed by atoms with Gasteiger partial charge in [0.2, 0.25) is 0 Å². The van der Waals surface area contributed by atoms with Crippen molar-refractivity contribution < 1.29 is 13.2 Å². The van der Waals surface area contributed by atoms with Gasteiger partial charge in [0.05, 0.1) is 11.5 Å². The van der Waals surface area contributed by atoms with Gasteiger partial charge in [0, 0.05) is 6.04 Å². The van der Waals surface area contributed by atoms with Crippen molar-refractivity contribution >= 4 is 15.9 Å². The van der Waals surface area contributed by atoms with Crippen LogP contribution < -0.4 is 11.1 Å². The van der Waals surface area contributed by atoms with Gasteiger partial charge < -0.3 is 11.1 Å². The average Bonchev–Trinajstić information content (AvgIpc) is 2.08.